The van der Waals surface area contributed by atoms with E-state index in [1.807, 2.05) is 0 Å². The molecule has 0 spiro atoms. The highest BCUT2D eigenvalue weighted by atomic mass is 28.3. The fourth-order valence-electron chi connectivity index (χ4n) is 6.36. The van der Waals surface area contributed by atoms with Crippen LogP contribution in [-0.4, -0.2) is 8.07 Å². The van der Waals surface area contributed by atoms with Crippen molar-refractivity contribution in [1.29, 1.82) is 0 Å². The molecule has 0 radical (unpaired) electrons. The van der Waals surface area contributed by atoms with Gasteiger partial charge in [-0.1, -0.05) is 25.6 Å². The molecule has 1 heteroatoms. The molecule has 6 saturated carbocycles. The molecule has 6 fully saturated rings. The van der Waals surface area contributed by atoms with Crippen LogP contribution in [0.4, 0.5) is 0 Å². The molecule has 6 aliphatic carbocycles. The topological polar surface area (TPSA) is 0 Å². The van der Waals surface area contributed by atoms with E-state index in [0.29, 0.717) is 10.8 Å². The molecule has 0 bridgehead atoms. The first-order valence-corrected chi connectivity index (χ1v) is 10.0. The molecular weight excluding hydrogens is 208 g/mol. The maximum Gasteiger partial charge on any atom is 0.129 e. The lowest BCUT2D eigenvalue weighted by molar-refractivity contribution is -0.624. The summed E-state index contributed by atoms with van der Waals surface area (Å²) in [7, 11) is -1.18. The van der Waals surface area contributed by atoms with Gasteiger partial charge in [-0.05, 0) is 35.5 Å². The van der Waals surface area contributed by atoms with Crippen LogP contribution in [0.3, 0.4) is 0 Å². The standard InChI is InChI=1S/C15H16Si/c1-5-14-8-11-9(14)13-10(14)12(8)15(11,13)6-7-16(2,3)4/h1,8-13H,2-4H3. The van der Waals surface area contributed by atoms with Crippen LogP contribution in [0.15, 0.2) is 0 Å². The van der Waals surface area contributed by atoms with Gasteiger partial charge in [-0.25, -0.2) is 0 Å². The smallest absolute Gasteiger partial charge is 0.129 e. The fraction of sp³-hybridized carbons (Fsp3) is 0.733. The second kappa shape index (κ2) is 1.74. The minimum absolute atomic E-state index is 0.433. The lowest BCUT2D eigenvalue weighted by atomic mass is 8.92. The lowest BCUT2D eigenvalue weighted by Crippen LogP contribution is -3.09. The minimum atomic E-state index is -1.18. The quantitative estimate of drug-likeness (QED) is 0.437. The van der Waals surface area contributed by atoms with Crippen molar-refractivity contribution in [2.75, 3.05) is 0 Å². The van der Waals surface area contributed by atoms with Gasteiger partial charge in [0.25, 0.3) is 0 Å². The maximum atomic E-state index is 5.73. The Morgan fingerprint density at radius 3 is 1.69 bits per heavy atom. The van der Waals surface area contributed by atoms with Crippen LogP contribution in [0, 0.1) is 70.1 Å². The summed E-state index contributed by atoms with van der Waals surface area (Å²) in [5.41, 5.74) is 4.59. The molecule has 0 saturated heterocycles. The van der Waals surface area contributed by atoms with Crippen LogP contribution >= 0.6 is 0 Å². The zero-order valence-electron chi connectivity index (χ0n) is 10.0. The molecule has 16 heavy (non-hydrogen) atoms. The zero-order valence-corrected chi connectivity index (χ0v) is 11.0. The van der Waals surface area contributed by atoms with Crippen molar-refractivity contribution in [3.63, 3.8) is 0 Å². The molecule has 0 aromatic rings. The second-order valence-corrected chi connectivity index (χ2v) is 12.4. The molecule has 0 atom stereocenters. The largest absolute Gasteiger partial charge is 0.131 e. The molecule has 0 amide bonds. The van der Waals surface area contributed by atoms with Crippen LogP contribution in [0.25, 0.3) is 0 Å². The van der Waals surface area contributed by atoms with E-state index in [2.05, 4.69) is 37.0 Å². The number of rotatable bonds is 0. The van der Waals surface area contributed by atoms with Crippen molar-refractivity contribution in [3.05, 3.63) is 0 Å². The van der Waals surface area contributed by atoms with E-state index in [4.69, 9.17) is 6.42 Å². The van der Waals surface area contributed by atoms with Gasteiger partial charge in [-0.3, -0.25) is 0 Å². The number of hydrogen-bond donors (Lipinski definition) is 0. The highest BCUT2D eigenvalue weighted by Crippen LogP contribution is 3.10. The Morgan fingerprint density at radius 2 is 1.31 bits per heavy atom. The predicted molar refractivity (Wildman–Crippen MR) is 65.8 cm³/mol. The van der Waals surface area contributed by atoms with E-state index < -0.39 is 8.07 Å². The monoisotopic (exact) mass is 224 g/mol. The van der Waals surface area contributed by atoms with Gasteiger partial charge in [0.05, 0.1) is 0 Å². The van der Waals surface area contributed by atoms with Crippen LogP contribution in [0.5, 0.6) is 0 Å². The first-order valence-electron chi connectivity index (χ1n) is 6.52. The molecule has 6 aliphatic rings. The van der Waals surface area contributed by atoms with Gasteiger partial charge in [0.2, 0.25) is 0 Å². The average Bonchev–Trinajstić information content (AvgIpc) is 2.25. The van der Waals surface area contributed by atoms with Crippen molar-refractivity contribution in [3.8, 4) is 23.8 Å². The first-order chi connectivity index (χ1) is 7.50. The molecule has 0 N–H and O–H groups in total. The van der Waals surface area contributed by atoms with E-state index in [9.17, 15) is 0 Å². The van der Waals surface area contributed by atoms with E-state index in [1.54, 1.807) is 0 Å². The fourth-order valence-corrected chi connectivity index (χ4v) is 6.95. The molecular formula is C15H16Si. The van der Waals surface area contributed by atoms with E-state index in [-0.39, 0.29) is 0 Å². The Balaban J connectivity index is 1.53. The average molecular weight is 224 g/mol. The Bertz CT molecular complexity index is 491. The van der Waals surface area contributed by atoms with Gasteiger partial charge in [0.1, 0.15) is 8.07 Å². The summed E-state index contributed by atoms with van der Waals surface area (Å²) < 4.78 is 0. The summed E-state index contributed by atoms with van der Waals surface area (Å²) in [6.07, 6.45) is 5.73. The third kappa shape index (κ3) is 0.422. The summed E-state index contributed by atoms with van der Waals surface area (Å²) in [6, 6.07) is 0. The van der Waals surface area contributed by atoms with E-state index >= 15 is 0 Å². The van der Waals surface area contributed by atoms with Gasteiger partial charge >= 0.3 is 0 Å². The third-order valence-electron chi connectivity index (χ3n) is 6.53. The summed E-state index contributed by atoms with van der Waals surface area (Å²) in [5, 5.41) is 0. The van der Waals surface area contributed by atoms with Gasteiger partial charge in [0.15, 0.2) is 0 Å². The van der Waals surface area contributed by atoms with Crippen molar-refractivity contribution >= 4 is 8.07 Å². The van der Waals surface area contributed by atoms with Crippen LogP contribution in [-0.2, 0) is 0 Å². The summed E-state index contributed by atoms with van der Waals surface area (Å²) in [4.78, 5) is 0. The Morgan fingerprint density at radius 1 is 0.875 bits per heavy atom. The van der Waals surface area contributed by atoms with Crippen LogP contribution in [0.2, 0.25) is 19.6 Å². The number of terminal acetylenes is 1. The summed E-state index contributed by atoms with van der Waals surface area (Å²) in [5.74, 6) is 12.5. The van der Waals surface area contributed by atoms with Gasteiger partial charge in [-0.15, -0.1) is 17.9 Å². The van der Waals surface area contributed by atoms with Crippen molar-refractivity contribution < 1.29 is 0 Å². The molecule has 0 aromatic heterocycles. The molecule has 0 aliphatic heterocycles. The van der Waals surface area contributed by atoms with Crippen molar-refractivity contribution in [1.82, 2.24) is 0 Å². The van der Waals surface area contributed by atoms with Gasteiger partial charge < -0.3 is 0 Å². The third-order valence-corrected chi connectivity index (χ3v) is 7.41. The summed E-state index contributed by atoms with van der Waals surface area (Å²) >= 11 is 0. The molecule has 0 unspecified atom stereocenters. The Hall–Kier alpha value is -0.663. The SMILES string of the molecule is C#CC12C3C4C1C1C2C3C41C#C[Si](C)(C)C. The van der Waals surface area contributed by atoms with Crippen LogP contribution in [0.1, 0.15) is 0 Å². The lowest BCUT2D eigenvalue weighted by Gasteiger charge is -3.09. The molecule has 80 valence electrons. The predicted octanol–water partition coefficient (Wildman–Crippen LogP) is 2.24. The second-order valence-electron chi connectivity index (χ2n) is 7.67. The van der Waals surface area contributed by atoms with E-state index in [1.165, 1.54) is 0 Å². The first kappa shape index (κ1) is 8.43. The highest BCUT2D eigenvalue weighted by Gasteiger charge is 3.09. The molecule has 0 heterocycles. The highest BCUT2D eigenvalue weighted by molar-refractivity contribution is 6.83. The van der Waals surface area contributed by atoms with Gasteiger partial charge in [0, 0.05) is 10.8 Å². The van der Waals surface area contributed by atoms with Gasteiger partial charge in [-0.2, -0.15) is 0 Å². The number of hydrogen-bond acceptors (Lipinski definition) is 0. The molecule has 0 nitrogen and oxygen atoms in total. The van der Waals surface area contributed by atoms with Crippen LogP contribution < -0.4 is 0 Å². The van der Waals surface area contributed by atoms with E-state index in [0.717, 1.165) is 35.5 Å². The minimum Gasteiger partial charge on any atom is -0.131 e. The zero-order chi connectivity index (χ0) is 11.1. The molecule has 6 rings (SSSR count). The Labute approximate surface area is 98.2 Å². The maximum absolute atomic E-state index is 5.73. The summed E-state index contributed by atoms with van der Waals surface area (Å²) in [6.45, 7) is 7.05. The Kier molecular flexibility index (Phi) is 0.914. The van der Waals surface area contributed by atoms with Crippen molar-refractivity contribution in [2.45, 2.75) is 19.6 Å². The molecule has 0 aromatic carbocycles. The normalized spacial score (nSPS) is 68.9. The van der Waals surface area contributed by atoms with Crippen molar-refractivity contribution in [2.24, 2.45) is 46.3 Å².